The highest BCUT2D eigenvalue weighted by Crippen LogP contribution is 2.32. The highest BCUT2D eigenvalue weighted by atomic mass is 35.5. The van der Waals surface area contributed by atoms with Gasteiger partial charge in [0, 0.05) is 27.7 Å². The molecule has 2 aromatic heterocycles. The molecule has 0 fully saturated rings. The zero-order chi connectivity index (χ0) is 22.8. The van der Waals surface area contributed by atoms with Crippen molar-refractivity contribution in [3.8, 4) is 0 Å². The van der Waals surface area contributed by atoms with Crippen LogP contribution in [0.4, 0.5) is 11.6 Å². The number of carbonyl (C=O) groups is 2. The molecule has 3 heterocycles. The summed E-state index contributed by atoms with van der Waals surface area (Å²) in [6.45, 7) is 0. The van der Waals surface area contributed by atoms with Crippen LogP contribution >= 0.6 is 23.4 Å². The molecule has 33 heavy (non-hydrogen) atoms. The molecule has 0 aliphatic carbocycles. The molecular formula is C23H17ClN6O2S. The van der Waals surface area contributed by atoms with E-state index in [1.807, 2.05) is 48.5 Å². The lowest BCUT2D eigenvalue weighted by Crippen LogP contribution is -2.13. The molecule has 5 rings (SSSR count). The van der Waals surface area contributed by atoms with E-state index in [0.717, 1.165) is 16.8 Å². The Morgan fingerprint density at radius 2 is 1.85 bits per heavy atom. The van der Waals surface area contributed by atoms with Crippen LogP contribution in [-0.2, 0) is 10.5 Å². The summed E-state index contributed by atoms with van der Waals surface area (Å²) in [5.74, 6) is 0.381. The van der Waals surface area contributed by atoms with Gasteiger partial charge in [0.25, 0.3) is 11.8 Å². The van der Waals surface area contributed by atoms with Crippen molar-refractivity contribution < 1.29 is 9.59 Å². The third-order valence-electron chi connectivity index (χ3n) is 4.95. The molecule has 0 bridgehead atoms. The quantitative estimate of drug-likeness (QED) is 0.235. The van der Waals surface area contributed by atoms with Gasteiger partial charge in [0.1, 0.15) is 5.69 Å². The largest absolute Gasteiger partial charge is 0.351 e. The van der Waals surface area contributed by atoms with E-state index in [-0.39, 0.29) is 17.8 Å². The predicted octanol–water partition coefficient (Wildman–Crippen LogP) is 4.82. The maximum atomic E-state index is 12.6. The summed E-state index contributed by atoms with van der Waals surface area (Å²) in [6, 6.07) is 18.4. The molecular weight excluding hydrogens is 460 g/mol. The van der Waals surface area contributed by atoms with Gasteiger partial charge in [0.05, 0.1) is 5.57 Å². The number of thioether (sulfide) groups is 1. The van der Waals surface area contributed by atoms with Gasteiger partial charge in [-0.15, -0.1) is 10.2 Å². The smallest absolute Gasteiger partial charge is 0.274 e. The van der Waals surface area contributed by atoms with E-state index in [9.17, 15) is 9.59 Å². The molecule has 0 saturated heterocycles. The summed E-state index contributed by atoms with van der Waals surface area (Å²) < 4.78 is 0. The van der Waals surface area contributed by atoms with Crippen LogP contribution in [0.25, 0.3) is 11.6 Å². The lowest BCUT2D eigenvalue weighted by atomic mass is 10.1. The molecule has 2 amide bonds. The van der Waals surface area contributed by atoms with Crippen LogP contribution in [0.1, 0.15) is 27.3 Å². The SMILES string of the molecule is O=C1Nc2ccccc2/C1=C/c1ccc(C(=O)Nc2nnc(SCc3ccc(Cl)cc3)[nH]2)[nH]1. The van der Waals surface area contributed by atoms with Gasteiger partial charge in [-0.25, -0.2) is 0 Å². The van der Waals surface area contributed by atoms with E-state index < -0.39 is 0 Å². The number of halogens is 1. The molecule has 4 aromatic rings. The molecule has 1 aliphatic heterocycles. The van der Waals surface area contributed by atoms with Gasteiger partial charge in [-0.2, -0.15) is 0 Å². The Morgan fingerprint density at radius 3 is 2.70 bits per heavy atom. The highest BCUT2D eigenvalue weighted by Gasteiger charge is 2.23. The van der Waals surface area contributed by atoms with E-state index in [0.29, 0.717) is 32.9 Å². The first-order chi connectivity index (χ1) is 16.0. The van der Waals surface area contributed by atoms with Crippen molar-refractivity contribution >= 4 is 58.5 Å². The summed E-state index contributed by atoms with van der Waals surface area (Å²) in [5, 5.41) is 14.8. The van der Waals surface area contributed by atoms with E-state index in [4.69, 9.17) is 11.6 Å². The number of carbonyl (C=O) groups excluding carboxylic acids is 2. The Hall–Kier alpha value is -3.82. The first-order valence-electron chi connectivity index (χ1n) is 9.98. The van der Waals surface area contributed by atoms with Crippen molar-refractivity contribution in [3.05, 3.63) is 88.2 Å². The summed E-state index contributed by atoms with van der Waals surface area (Å²) in [6.07, 6.45) is 1.72. The number of H-pyrrole nitrogens is 2. The van der Waals surface area contributed by atoms with Gasteiger partial charge < -0.3 is 15.3 Å². The monoisotopic (exact) mass is 476 g/mol. The van der Waals surface area contributed by atoms with E-state index in [2.05, 4.69) is 30.8 Å². The Labute approximate surface area is 197 Å². The van der Waals surface area contributed by atoms with E-state index >= 15 is 0 Å². The number of benzene rings is 2. The van der Waals surface area contributed by atoms with Crippen molar-refractivity contribution in [1.82, 2.24) is 20.2 Å². The van der Waals surface area contributed by atoms with Crippen LogP contribution in [0.2, 0.25) is 5.02 Å². The first kappa shape index (κ1) is 21.0. The number of fused-ring (bicyclic) bond motifs is 1. The number of nitrogens with one attached hydrogen (secondary N) is 4. The van der Waals surface area contributed by atoms with E-state index in [1.54, 1.807) is 18.2 Å². The minimum atomic E-state index is -0.374. The lowest BCUT2D eigenvalue weighted by molar-refractivity contribution is -0.110. The number of nitrogens with zero attached hydrogens (tertiary/aromatic N) is 2. The van der Waals surface area contributed by atoms with Crippen molar-refractivity contribution in [2.24, 2.45) is 0 Å². The van der Waals surface area contributed by atoms with Crippen LogP contribution < -0.4 is 10.6 Å². The number of aromatic nitrogens is 4. The molecule has 8 nitrogen and oxygen atoms in total. The number of hydrogen-bond acceptors (Lipinski definition) is 5. The van der Waals surface area contributed by atoms with Crippen molar-refractivity contribution in [3.63, 3.8) is 0 Å². The minimum Gasteiger partial charge on any atom is -0.351 e. The van der Waals surface area contributed by atoms with Gasteiger partial charge in [0.15, 0.2) is 5.16 Å². The van der Waals surface area contributed by atoms with Crippen LogP contribution in [0.15, 0.2) is 65.8 Å². The fourth-order valence-electron chi connectivity index (χ4n) is 3.34. The second kappa shape index (κ2) is 8.97. The average Bonchev–Trinajstić information content (AvgIpc) is 3.53. The fourth-order valence-corrected chi connectivity index (χ4v) is 4.23. The molecule has 164 valence electrons. The summed E-state index contributed by atoms with van der Waals surface area (Å²) in [7, 11) is 0. The fraction of sp³-hybridized carbons (Fsp3) is 0.0435. The summed E-state index contributed by atoms with van der Waals surface area (Å²) in [4.78, 5) is 30.9. The molecule has 0 spiro atoms. The van der Waals surface area contributed by atoms with Crippen molar-refractivity contribution in [2.45, 2.75) is 10.9 Å². The maximum absolute atomic E-state index is 12.6. The number of anilines is 2. The first-order valence-corrected chi connectivity index (χ1v) is 11.3. The molecule has 0 atom stereocenters. The predicted molar refractivity (Wildman–Crippen MR) is 129 cm³/mol. The number of rotatable bonds is 6. The topological polar surface area (TPSA) is 116 Å². The molecule has 0 radical (unpaired) electrons. The zero-order valence-corrected chi connectivity index (χ0v) is 18.6. The third-order valence-corrected chi connectivity index (χ3v) is 6.14. The second-order valence-corrected chi connectivity index (χ2v) is 8.63. The molecule has 0 unspecified atom stereocenters. The standard InChI is InChI=1S/C23H17ClN6O2S/c24-14-7-5-13(6-8-14)12-33-23-28-22(29-30-23)27-21(32)19-10-9-15(25-19)11-17-16-3-1-2-4-18(16)26-20(17)31/h1-11,25H,12H2,(H,26,31)(H2,27,28,29,30,32)/b17-11-. The number of amides is 2. The van der Waals surface area contributed by atoms with Crippen LogP contribution in [0, 0.1) is 0 Å². The Kier molecular flexibility index (Phi) is 5.72. The Bertz CT molecular complexity index is 1380. The zero-order valence-electron chi connectivity index (χ0n) is 17.1. The van der Waals surface area contributed by atoms with Gasteiger partial charge in [-0.1, -0.05) is 53.7 Å². The highest BCUT2D eigenvalue weighted by molar-refractivity contribution is 7.98. The van der Waals surface area contributed by atoms with Crippen LogP contribution in [0.5, 0.6) is 0 Å². The average molecular weight is 477 g/mol. The van der Waals surface area contributed by atoms with Crippen LogP contribution in [0.3, 0.4) is 0 Å². The van der Waals surface area contributed by atoms with Gasteiger partial charge in [-0.3, -0.25) is 14.9 Å². The summed E-state index contributed by atoms with van der Waals surface area (Å²) in [5.41, 5.74) is 4.20. The Morgan fingerprint density at radius 1 is 1.03 bits per heavy atom. The number of aromatic amines is 2. The molecule has 1 aliphatic rings. The van der Waals surface area contributed by atoms with Crippen LogP contribution in [-0.4, -0.2) is 32.0 Å². The van der Waals surface area contributed by atoms with Crippen molar-refractivity contribution in [2.75, 3.05) is 10.6 Å². The molecule has 2 aromatic carbocycles. The molecule has 0 saturated carbocycles. The summed E-state index contributed by atoms with van der Waals surface area (Å²) >= 11 is 7.37. The minimum absolute atomic E-state index is 0.179. The second-order valence-electron chi connectivity index (χ2n) is 7.23. The number of hydrogen-bond donors (Lipinski definition) is 4. The third kappa shape index (κ3) is 4.69. The number of para-hydroxylation sites is 1. The van der Waals surface area contributed by atoms with E-state index in [1.165, 1.54) is 11.8 Å². The van der Waals surface area contributed by atoms with Crippen molar-refractivity contribution in [1.29, 1.82) is 0 Å². The van der Waals surface area contributed by atoms with Gasteiger partial charge in [0.2, 0.25) is 5.95 Å². The van der Waals surface area contributed by atoms with Gasteiger partial charge in [-0.05, 0) is 42.0 Å². The molecule has 10 heteroatoms. The maximum Gasteiger partial charge on any atom is 0.274 e. The Balaban J connectivity index is 1.23. The van der Waals surface area contributed by atoms with Gasteiger partial charge >= 0.3 is 0 Å². The lowest BCUT2D eigenvalue weighted by Gasteiger charge is -2.00. The molecule has 4 N–H and O–H groups in total. The normalized spacial score (nSPS) is 13.7.